The highest BCUT2D eigenvalue weighted by molar-refractivity contribution is 5.71. The molecule has 0 rings (SSSR count). The fourth-order valence-electron chi connectivity index (χ4n) is 2.55. The summed E-state index contributed by atoms with van der Waals surface area (Å²) in [6.07, 6.45) is 12.6. The maximum Gasteiger partial charge on any atom is 0.347 e. The second-order valence-corrected chi connectivity index (χ2v) is 6.17. The smallest absolute Gasteiger partial charge is 0.347 e. The molecule has 0 saturated heterocycles. The van der Waals surface area contributed by atoms with E-state index < -0.39 is 18.0 Å². The van der Waals surface area contributed by atoms with Crippen LogP contribution in [0.3, 0.4) is 0 Å². The molecule has 0 amide bonds. The van der Waals surface area contributed by atoms with Crippen LogP contribution in [0.25, 0.3) is 0 Å². The summed E-state index contributed by atoms with van der Waals surface area (Å²) in [5, 5.41) is 26.7. The van der Waals surface area contributed by atoms with E-state index >= 15 is 0 Å². The van der Waals surface area contributed by atoms with Crippen molar-refractivity contribution < 1.29 is 25.2 Å². The van der Waals surface area contributed by atoms with Crippen molar-refractivity contribution >= 4 is 5.97 Å². The molecule has 0 bridgehead atoms. The first-order chi connectivity index (χ1) is 10.6. The van der Waals surface area contributed by atoms with E-state index in [1.165, 1.54) is 38.5 Å². The van der Waals surface area contributed by atoms with Gasteiger partial charge in [0.2, 0.25) is 0 Å². The van der Waals surface area contributed by atoms with Crippen LogP contribution in [0.4, 0.5) is 0 Å². The number of hydrogen-bond acceptors (Lipinski definition) is 5. The van der Waals surface area contributed by atoms with E-state index in [0.717, 1.165) is 32.1 Å². The summed E-state index contributed by atoms with van der Waals surface area (Å²) < 4.78 is 0. The van der Waals surface area contributed by atoms with Gasteiger partial charge in [-0.1, -0.05) is 64.2 Å². The lowest BCUT2D eigenvalue weighted by Crippen LogP contribution is -2.26. The monoisotopic (exact) mass is 318 g/mol. The molecule has 0 aliphatic rings. The average molecular weight is 318 g/mol. The summed E-state index contributed by atoms with van der Waals surface area (Å²) >= 11 is 0. The molecule has 132 valence electrons. The minimum atomic E-state index is -0.772. The van der Waals surface area contributed by atoms with Crippen LogP contribution < -0.4 is 0 Å². The van der Waals surface area contributed by atoms with Crippen molar-refractivity contribution in [3.8, 4) is 0 Å². The fourth-order valence-corrected chi connectivity index (χ4v) is 2.55. The summed E-state index contributed by atoms with van der Waals surface area (Å²) in [5.74, 6) is -1.44. The van der Waals surface area contributed by atoms with E-state index in [-0.39, 0.29) is 0 Å². The van der Waals surface area contributed by atoms with Gasteiger partial charge in [0.15, 0.2) is 0 Å². The minimum absolute atomic E-state index is 0.314. The Kier molecular flexibility index (Phi) is 14.8. The van der Waals surface area contributed by atoms with E-state index in [2.05, 4.69) is 4.89 Å². The van der Waals surface area contributed by atoms with Crippen molar-refractivity contribution in [3.05, 3.63) is 0 Å². The number of hydrogen-bond donors (Lipinski definition) is 3. The second kappa shape index (κ2) is 15.3. The molecule has 0 heterocycles. The average Bonchev–Trinajstić information content (AvgIpc) is 2.54. The molecular weight excluding hydrogens is 284 g/mol. The van der Waals surface area contributed by atoms with Crippen LogP contribution in [-0.2, 0) is 9.68 Å². The van der Waals surface area contributed by atoms with Gasteiger partial charge in [0.25, 0.3) is 0 Å². The fraction of sp³-hybridized carbons (Fsp3) is 0.941. The number of aliphatic hydroxyl groups is 2. The maximum absolute atomic E-state index is 11.0. The zero-order valence-electron chi connectivity index (χ0n) is 14.0. The van der Waals surface area contributed by atoms with Crippen molar-refractivity contribution in [1.82, 2.24) is 0 Å². The molecule has 22 heavy (non-hydrogen) atoms. The Morgan fingerprint density at radius 2 is 1.27 bits per heavy atom. The van der Waals surface area contributed by atoms with Crippen LogP contribution in [0.5, 0.6) is 0 Å². The quantitative estimate of drug-likeness (QED) is 0.244. The first-order valence-electron chi connectivity index (χ1n) is 8.77. The van der Waals surface area contributed by atoms with Gasteiger partial charge in [-0.05, 0) is 19.8 Å². The van der Waals surface area contributed by atoms with Crippen molar-refractivity contribution in [2.75, 3.05) is 6.61 Å². The largest absolute Gasteiger partial charge is 0.396 e. The van der Waals surface area contributed by atoms with E-state index in [1.54, 1.807) is 6.92 Å². The van der Waals surface area contributed by atoms with E-state index in [4.69, 9.17) is 10.4 Å². The standard InChI is InChI=1S/C17H34O5/c1-15(17(20)22-21)16(19)13-11-9-7-5-3-2-4-6-8-10-12-14-18/h15-16,18-19,21H,2-14H2,1H3. The van der Waals surface area contributed by atoms with Crippen LogP contribution in [0, 0.1) is 5.92 Å². The molecule has 0 radical (unpaired) electrons. The lowest BCUT2D eigenvalue weighted by Gasteiger charge is -2.15. The predicted molar refractivity (Wildman–Crippen MR) is 86.4 cm³/mol. The topological polar surface area (TPSA) is 87.0 Å². The molecule has 0 aromatic heterocycles. The lowest BCUT2D eigenvalue weighted by atomic mass is 9.98. The molecule has 0 aliphatic carbocycles. The number of carbonyl (C=O) groups excluding carboxylic acids is 1. The Morgan fingerprint density at radius 3 is 1.68 bits per heavy atom. The molecule has 0 aromatic rings. The van der Waals surface area contributed by atoms with Gasteiger partial charge in [-0.2, -0.15) is 5.26 Å². The zero-order valence-corrected chi connectivity index (χ0v) is 14.0. The Hall–Kier alpha value is -0.650. The summed E-state index contributed by atoms with van der Waals surface area (Å²) in [4.78, 5) is 14.7. The Balaban J connectivity index is 3.28. The molecule has 2 atom stereocenters. The summed E-state index contributed by atoms with van der Waals surface area (Å²) in [6, 6.07) is 0. The first-order valence-corrected chi connectivity index (χ1v) is 8.77. The summed E-state index contributed by atoms with van der Waals surface area (Å²) in [5.41, 5.74) is 0. The van der Waals surface area contributed by atoms with E-state index in [9.17, 15) is 9.90 Å². The number of unbranched alkanes of at least 4 members (excludes halogenated alkanes) is 10. The van der Waals surface area contributed by atoms with Crippen molar-refractivity contribution in [1.29, 1.82) is 0 Å². The van der Waals surface area contributed by atoms with E-state index in [1.807, 2.05) is 0 Å². The van der Waals surface area contributed by atoms with Crippen LogP contribution in [0.2, 0.25) is 0 Å². The van der Waals surface area contributed by atoms with Gasteiger partial charge in [0, 0.05) is 6.61 Å². The van der Waals surface area contributed by atoms with Crippen LogP contribution in [0.1, 0.15) is 84.0 Å². The molecule has 0 spiro atoms. The number of carbonyl (C=O) groups is 1. The predicted octanol–water partition coefficient (Wildman–Crippen LogP) is 3.67. The maximum atomic E-state index is 11.0. The molecule has 0 saturated carbocycles. The molecule has 5 heteroatoms. The third kappa shape index (κ3) is 12.0. The normalized spacial score (nSPS) is 13.8. The zero-order chi connectivity index (χ0) is 16.6. The van der Waals surface area contributed by atoms with Gasteiger partial charge in [0.1, 0.15) is 0 Å². The van der Waals surface area contributed by atoms with Gasteiger partial charge in [-0.3, -0.25) is 0 Å². The molecule has 0 aromatic carbocycles. The molecule has 2 unspecified atom stereocenters. The minimum Gasteiger partial charge on any atom is -0.396 e. The molecule has 5 nitrogen and oxygen atoms in total. The van der Waals surface area contributed by atoms with Crippen LogP contribution >= 0.6 is 0 Å². The van der Waals surface area contributed by atoms with Gasteiger partial charge in [0.05, 0.1) is 12.0 Å². The van der Waals surface area contributed by atoms with Gasteiger partial charge in [-0.15, -0.1) is 0 Å². The summed E-state index contributed by atoms with van der Waals surface area (Å²) in [6.45, 7) is 1.87. The first kappa shape index (κ1) is 21.4. The highest BCUT2D eigenvalue weighted by Gasteiger charge is 2.23. The second-order valence-electron chi connectivity index (χ2n) is 6.17. The Labute approximate surface area is 134 Å². The molecular formula is C17H34O5. The van der Waals surface area contributed by atoms with Gasteiger partial charge in [-0.25, -0.2) is 4.79 Å². The van der Waals surface area contributed by atoms with Crippen molar-refractivity contribution in [2.24, 2.45) is 5.92 Å². The highest BCUT2D eigenvalue weighted by Crippen LogP contribution is 2.15. The molecule has 0 aliphatic heterocycles. The SMILES string of the molecule is CC(C(=O)OO)C(O)CCCCCCCCCCCCCO. The van der Waals surface area contributed by atoms with E-state index in [0.29, 0.717) is 13.0 Å². The Morgan fingerprint density at radius 1 is 0.864 bits per heavy atom. The van der Waals surface area contributed by atoms with Gasteiger partial charge >= 0.3 is 5.97 Å². The lowest BCUT2D eigenvalue weighted by molar-refractivity contribution is -0.241. The summed E-state index contributed by atoms with van der Waals surface area (Å²) in [7, 11) is 0. The Bertz CT molecular complexity index is 257. The van der Waals surface area contributed by atoms with Crippen molar-refractivity contribution in [3.63, 3.8) is 0 Å². The molecule has 3 N–H and O–H groups in total. The van der Waals surface area contributed by atoms with Gasteiger partial charge < -0.3 is 15.1 Å². The van der Waals surface area contributed by atoms with Crippen molar-refractivity contribution in [2.45, 2.75) is 90.1 Å². The van der Waals surface area contributed by atoms with Crippen LogP contribution in [-0.4, -0.2) is 34.2 Å². The third-order valence-electron chi connectivity index (χ3n) is 4.20. The molecule has 0 fully saturated rings. The number of rotatable bonds is 15. The van der Waals surface area contributed by atoms with Crippen LogP contribution in [0.15, 0.2) is 0 Å². The number of aliphatic hydroxyl groups excluding tert-OH is 2. The highest BCUT2D eigenvalue weighted by atomic mass is 17.1. The third-order valence-corrected chi connectivity index (χ3v) is 4.20.